The molecular weight excluding hydrogens is 468 g/mol. The number of benzene rings is 1. The molecule has 0 aromatic heterocycles. The molecule has 3 saturated carbocycles. The summed E-state index contributed by atoms with van der Waals surface area (Å²) in [5.74, 6) is 5.64. The van der Waals surface area contributed by atoms with Crippen LogP contribution in [0.15, 0.2) is 35.9 Å². The van der Waals surface area contributed by atoms with Gasteiger partial charge in [0.25, 0.3) is 0 Å². The predicted octanol–water partition coefficient (Wildman–Crippen LogP) is 9.92. The molecule has 38 heavy (non-hydrogen) atoms. The van der Waals surface area contributed by atoms with Gasteiger partial charge in [-0.15, -0.1) is 0 Å². The normalized spacial score (nSPS) is 37.0. The van der Waals surface area contributed by atoms with Gasteiger partial charge in [0.1, 0.15) is 11.9 Å². The fourth-order valence-electron chi connectivity index (χ4n) is 9.62. The Kier molecular flexibility index (Phi) is 8.05. The molecule has 1 aromatic rings. The molecule has 0 radical (unpaired) electrons. The zero-order valence-electron chi connectivity index (χ0n) is 24.9. The van der Waals surface area contributed by atoms with Crippen LogP contribution >= 0.6 is 0 Å². The summed E-state index contributed by atoms with van der Waals surface area (Å²) in [5, 5.41) is 0. The van der Waals surface area contributed by atoms with Crippen molar-refractivity contribution >= 4 is 6.16 Å². The second-order valence-corrected chi connectivity index (χ2v) is 14.4. The Hall–Kier alpha value is -1.77. The number of fused-ring (bicyclic) bond motifs is 5. The maximum Gasteiger partial charge on any atom is 0.514 e. The highest BCUT2D eigenvalue weighted by atomic mass is 16.7. The van der Waals surface area contributed by atoms with Crippen molar-refractivity contribution in [1.82, 2.24) is 0 Å². The summed E-state index contributed by atoms with van der Waals surface area (Å²) in [6.45, 7) is 14.5. The van der Waals surface area contributed by atoms with E-state index in [2.05, 4.69) is 40.7 Å². The van der Waals surface area contributed by atoms with Crippen LogP contribution < -0.4 is 4.74 Å². The molecule has 5 rings (SSSR count). The number of aryl methyl sites for hydroxylation is 1. The van der Waals surface area contributed by atoms with E-state index < -0.39 is 6.16 Å². The van der Waals surface area contributed by atoms with Crippen LogP contribution in [0.3, 0.4) is 0 Å². The minimum Gasteiger partial charge on any atom is -0.430 e. The number of ether oxygens (including phenoxy) is 2. The van der Waals surface area contributed by atoms with Gasteiger partial charge in [-0.3, -0.25) is 0 Å². The first-order valence-electron chi connectivity index (χ1n) is 15.7. The largest absolute Gasteiger partial charge is 0.514 e. The van der Waals surface area contributed by atoms with E-state index in [9.17, 15) is 4.79 Å². The lowest BCUT2D eigenvalue weighted by molar-refractivity contribution is -0.0597. The first kappa shape index (κ1) is 27.8. The molecule has 210 valence electrons. The van der Waals surface area contributed by atoms with E-state index in [1.165, 1.54) is 51.4 Å². The predicted molar refractivity (Wildman–Crippen MR) is 155 cm³/mol. The van der Waals surface area contributed by atoms with Crippen LogP contribution in [0.2, 0.25) is 0 Å². The number of rotatable bonds is 7. The Bertz CT molecular complexity index is 1010. The highest BCUT2D eigenvalue weighted by Gasteiger charge is 2.59. The summed E-state index contributed by atoms with van der Waals surface area (Å²) >= 11 is 0. The summed E-state index contributed by atoms with van der Waals surface area (Å²) in [5.41, 5.74) is 3.50. The second-order valence-electron chi connectivity index (χ2n) is 14.4. The van der Waals surface area contributed by atoms with E-state index >= 15 is 0 Å². The van der Waals surface area contributed by atoms with Crippen molar-refractivity contribution in [2.24, 2.45) is 46.3 Å². The average Bonchev–Trinajstić information content (AvgIpc) is 3.23. The summed E-state index contributed by atoms with van der Waals surface area (Å²) in [4.78, 5) is 12.5. The van der Waals surface area contributed by atoms with Gasteiger partial charge in [0.2, 0.25) is 0 Å². The molecule has 0 saturated heterocycles. The van der Waals surface area contributed by atoms with Gasteiger partial charge in [-0.25, -0.2) is 4.79 Å². The van der Waals surface area contributed by atoms with E-state index in [-0.39, 0.29) is 11.5 Å². The number of hydrogen-bond acceptors (Lipinski definition) is 3. The highest BCUT2D eigenvalue weighted by Crippen LogP contribution is 2.67. The summed E-state index contributed by atoms with van der Waals surface area (Å²) < 4.78 is 11.3. The lowest BCUT2D eigenvalue weighted by Gasteiger charge is -2.58. The standard InChI is InChI=1S/C35H52O3/c1-23(2)8-7-9-25(4)30-16-17-31-29-15-12-26-22-28(38-33(36)37-27-13-10-24(3)11-14-27)18-20-34(26,5)32(29)19-21-35(30,31)6/h10-14,23,25,28-32H,7-9,15-22H2,1-6H3/t25-,28+,29+,30-,31+,32+,34+,35-/m1/s1. The van der Waals surface area contributed by atoms with Crippen molar-refractivity contribution in [3.63, 3.8) is 0 Å². The first-order valence-corrected chi connectivity index (χ1v) is 15.7. The fourth-order valence-corrected chi connectivity index (χ4v) is 9.62. The number of carbonyl (C=O) groups excluding carboxylic acids is 1. The molecule has 1 aromatic carbocycles. The van der Waals surface area contributed by atoms with E-state index in [0.717, 1.165) is 60.3 Å². The first-order chi connectivity index (χ1) is 18.1. The van der Waals surface area contributed by atoms with Crippen molar-refractivity contribution in [2.45, 2.75) is 118 Å². The summed E-state index contributed by atoms with van der Waals surface area (Å²) in [6.07, 6.45) is 16.0. The second kappa shape index (κ2) is 11.0. The molecule has 0 N–H and O–H groups in total. The number of allylic oxidation sites excluding steroid dienone is 1. The average molecular weight is 521 g/mol. The van der Waals surface area contributed by atoms with Crippen LogP contribution in [0.5, 0.6) is 5.75 Å². The summed E-state index contributed by atoms with van der Waals surface area (Å²) in [7, 11) is 0. The van der Waals surface area contributed by atoms with Crippen LogP contribution in [0.4, 0.5) is 4.79 Å². The van der Waals surface area contributed by atoms with Crippen molar-refractivity contribution in [3.05, 3.63) is 41.5 Å². The van der Waals surface area contributed by atoms with Crippen LogP contribution in [-0.2, 0) is 4.74 Å². The maximum absolute atomic E-state index is 12.5. The van der Waals surface area contributed by atoms with E-state index in [1.807, 2.05) is 31.2 Å². The molecule has 0 unspecified atom stereocenters. The Morgan fingerprint density at radius 2 is 1.74 bits per heavy atom. The van der Waals surface area contributed by atoms with Crippen LogP contribution in [0.1, 0.15) is 111 Å². The smallest absolute Gasteiger partial charge is 0.430 e. The van der Waals surface area contributed by atoms with Gasteiger partial charge in [0.15, 0.2) is 0 Å². The third-order valence-corrected chi connectivity index (χ3v) is 11.7. The quantitative estimate of drug-likeness (QED) is 0.204. The van der Waals surface area contributed by atoms with Crippen molar-refractivity contribution in [2.75, 3.05) is 0 Å². The van der Waals surface area contributed by atoms with Crippen LogP contribution in [0, 0.1) is 53.3 Å². The molecule has 4 aliphatic rings. The molecule has 0 spiro atoms. The number of hydrogen-bond donors (Lipinski definition) is 0. The van der Waals surface area contributed by atoms with E-state index in [1.54, 1.807) is 5.57 Å². The van der Waals surface area contributed by atoms with Crippen LogP contribution in [0.25, 0.3) is 0 Å². The zero-order chi connectivity index (χ0) is 27.1. The molecule has 0 aliphatic heterocycles. The Morgan fingerprint density at radius 1 is 0.974 bits per heavy atom. The maximum atomic E-state index is 12.5. The fraction of sp³-hybridized carbons (Fsp3) is 0.743. The molecule has 0 bridgehead atoms. The molecule has 8 atom stereocenters. The zero-order valence-corrected chi connectivity index (χ0v) is 24.9. The SMILES string of the molecule is Cc1ccc(OC(=O)O[C@H]2CC[C@@]3(C)C(=CC[C@H]4[C@@H]5CC[C@H]([C@H](C)CCCC(C)C)[C@@]5(C)CC[C@@H]43)C2)cc1. The minimum absolute atomic E-state index is 0.0692. The van der Waals surface area contributed by atoms with Gasteiger partial charge in [-0.1, -0.05) is 83.2 Å². The monoisotopic (exact) mass is 520 g/mol. The minimum atomic E-state index is -0.565. The third kappa shape index (κ3) is 5.33. The van der Waals surface area contributed by atoms with E-state index in [0.29, 0.717) is 11.2 Å². The van der Waals surface area contributed by atoms with Crippen LogP contribution in [-0.4, -0.2) is 12.3 Å². The molecule has 4 aliphatic carbocycles. The Morgan fingerprint density at radius 3 is 2.47 bits per heavy atom. The summed E-state index contributed by atoms with van der Waals surface area (Å²) in [6, 6.07) is 7.56. The van der Waals surface area contributed by atoms with Gasteiger partial charge < -0.3 is 9.47 Å². The molecule has 3 fully saturated rings. The van der Waals surface area contributed by atoms with Gasteiger partial charge in [0.05, 0.1) is 0 Å². The molecule has 0 heterocycles. The molecule has 3 heteroatoms. The topological polar surface area (TPSA) is 35.5 Å². The number of carbonyl (C=O) groups is 1. The van der Waals surface area contributed by atoms with Crippen molar-refractivity contribution in [3.8, 4) is 5.75 Å². The molecule has 3 nitrogen and oxygen atoms in total. The van der Waals surface area contributed by atoms with E-state index in [4.69, 9.17) is 9.47 Å². The van der Waals surface area contributed by atoms with Gasteiger partial charge in [0, 0.05) is 6.42 Å². The third-order valence-electron chi connectivity index (χ3n) is 11.7. The molecule has 0 amide bonds. The van der Waals surface area contributed by atoms with Crippen molar-refractivity contribution in [1.29, 1.82) is 0 Å². The molecular formula is C35H52O3. The highest BCUT2D eigenvalue weighted by molar-refractivity contribution is 5.64. The Labute approximate surface area is 232 Å². The van der Waals surface area contributed by atoms with Gasteiger partial charge >= 0.3 is 6.16 Å². The van der Waals surface area contributed by atoms with Gasteiger partial charge in [-0.2, -0.15) is 0 Å². The van der Waals surface area contributed by atoms with Crippen molar-refractivity contribution < 1.29 is 14.3 Å². The van der Waals surface area contributed by atoms with Gasteiger partial charge in [-0.05, 0) is 110 Å². The lowest BCUT2D eigenvalue weighted by atomic mass is 9.47. The Balaban J connectivity index is 1.21. The lowest BCUT2D eigenvalue weighted by Crippen LogP contribution is -2.51.